The molecule has 2 aromatic carbocycles. The van der Waals surface area contributed by atoms with Gasteiger partial charge < -0.3 is 10.3 Å². The van der Waals surface area contributed by atoms with Crippen molar-refractivity contribution in [3.63, 3.8) is 0 Å². The summed E-state index contributed by atoms with van der Waals surface area (Å²) >= 11 is 1.47. The quantitative estimate of drug-likeness (QED) is 0.272. The minimum Gasteiger partial charge on any atom is -0.361 e. The van der Waals surface area contributed by atoms with Crippen LogP contribution in [0.15, 0.2) is 84.5 Å². The molecule has 5 rings (SSSR count). The van der Waals surface area contributed by atoms with Crippen LogP contribution < -0.4 is 5.32 Å². The molecule has 3 heterocycles. The summed E-state index contributed by atoms with van der Waals surface area (Å²) in [6.07, 6.45) is 4.62. The second-order valence-corrected chi connectivity index (χ2v) is 9.52. The van der Waals surface area contributed by atoms with Gasteiger partial charge in [-0.15, -0.1) is 11.3 Å². The van der Waals surface area contributed by atoms with Crippen molar-refractivity contribution in [2.24, 2.45) is 0 Å². The Morgan fingerprint density at radius 2 is 1.86 bits per heavy atom. The van der Waals surface area contributed by atoms with Gasteiger partial charge in [-0.2, -0.15) is 0 Å². The van der Waals surface area contributed by atoms with E-state index in [-0.39, 0.29) is 11.7 Å². The van der Waals surface area contributed by atoms with Crippen LogP contribution in [0.25, 0.3) is 10.9 Å². The number of nitrogens with zero attached hydrogens (tertiary/aromatic N) is 3. The first kappa shape index (κ1) is 23.8. The number of para-hydroxylation sites is 1. The third kappa shape index (κ3) is 6.02. The molecule has 0 fully saturated rings. The zero-order valence-corrected chi connectivity index (χ0v) is 20.5. The van der Waals surface area contributed by atoms with Gasteiger partial charge in [-0.05, 0) is 47.9 Å². The van der Waals surface area contributed by atoms with Gasteiger partial charge in [-0.1, -0.05) is 36.4 Å². The maximum absolute atomic E-state index is 13.4. The predicted octanol–water partition coefficient (Wildman–Crippen LogP) is 5.33. The first-order chi connectivity index (χ1) is 17.6. The van der Waals surface area contributed by atoms with Gasteiger partial charge in [0.2, 0.25) is 0 Å². The van der Waals surface area contributed by atoms with E-state index in [0.717, 1.165) is 34.7 Å². The Bertz CT molecular complexity index is 1430. The lowest BCUT2D eigenvalue weighted by Crippen LogP contribution is -2.26. The van der Waals surface area contributed by atoms with Gasteiger partial charge in [0.15, 0.2) is 0 Å². The molecule has 8 heteroatoms. The summed E-state index contributed by atoms with van der Waals surface area (Å²) in [4.78, 5) is 27.0. The van der Waals surface area contributed by atoms with Crippen molar-refractivity contribution >= 4 is 28.1 Å². The number of hydrogen-bond acceptors (Lipinski definition) is 5. The minimum atomic E-state index is -0.245. The van der Waals surface area contributed by atoms with Crippen molar-refractivity contribution in [1.82, 2.24) is 25.2 Å². The smallest absolute Gasteiger partial charge is 0.271 e. The Hall–Kier alpha value is -3.88. The normalized spacial score (nSPS) is 11.3. The van der Waals surface area contributed by atoms with Crippen LogP contribution in [-0.4, -0.2) is 32.3 Å². The Balaban J connectivity index is 1.26. The number of benzene rings is 2. The Kier molecular flexibility index (Phi) is 7.44. The zero-order valence-electron chi connectivity index (χ0n) is 19.7. The molecule has 182 valence electrons. The second-order valence-electron chi connectivity index (χ2n) is 8.58. The number of halogens is 1. The van der Waals surface area contributed by atoms with Gasteiger partial charge >= 0.3 is 0 Å². The number of nitrogens with one attached hydrogen (secondary N) is 2. The maximum Gasteiger partial charge on any atom is 0.271 e. The Morgan fingerprint density at radius 3 is 2.69 bits per heavy atom. The van der Waals surface area contributed by atoms with Crippen LogP contribution in [0, 0.1) is 5.82 Å². The number of pyridine rings is 1. The minimum absolute atomic E-state index is 0.216. The molecule has 3 aromatic heterocycles. The average Bonchev–Trinajstić information content (AvgIpc) is 3.55. The largest absolute Gasteiger partial charge is 0.361 e. The number of hydrogen-bond donors (Lipinski definition) is 2. The number of carbonyl (C=O) groups is 1. The molecule has 2 N–H and O–H groups in total. The summed E-state index contributed by atoms with van der Waals surface area (Å²) in [7, 11) is 0. The molecule has 0 radical (unpaired) electrons. The van der Waals surface area contributed by atoms with Crippen LogP contribution >= 0.6 is 11.3 Å². The first-order valence-corrected chi connectivity index (χ1v) is 12.7. The fourth-order valence-electron chi connectivity index (χ4n) is 4.12. The van der Waals surface area contributed by atoms with E-state index in [1.807, 2.05) is 42.5 Å². The molecule has 0 saturated carbocycles. The highest BCUT2D eigenvalue weighted by atomic mass is 32.1. The van der Waals surface area contributed by atoms with E-state index in [0.29, 0.717) is 25.3 Å². The molecular weight excluding hydrogens is 473 g/mol. The van der Waals surface area contributed by atoms with Crippen molar-refractivity contribution < 1.29 is 9.18 Å². The molecular formula is C28H26FN5OS. The Labute approximate surface area is 212 Å². The van der Waals surface area contributed by atoms with E-state index in [1.54, 1.807) is 11.6 Å². The molecule has 36 heavy (non-hydrogen) atoms. The molecule has 0 unspecified atom stereocenters. The van der Waals surface area contributed by atoms with E-state index < -0.39 is 0 Å². The molecule has 0 aliphatic heterocycles. The lowest BCUT2D eigenvalue weighted by molar-refractivity contribution is 0.0945. The maximum atomic E-state index is 13.4. The molecule has 6 nitrogen and oxygen atoms in total. The third-order valence-corrected chi connectivity index (χ3v) is 6.82. The van der Waals surface area contributed by atoms with Crippen molar-refractivity contribution in [2.75, 3.05) is 6.54 Å². The number of H-pyrrole nitrogens is 1. The SMILES string of the molecule is O=C(NCc1ccccn1)c1csc(CN(CCc2c[nH]c3ccccc23)Cc2ccc(F)cc2)n1. The van der Waals surface area contributed by atoms with Gasteiger partial charge in [-0.25, -0.2) is 9.37 Å². The first-order valence-electron chi connectivity index (χ1n) is 11.8. The third-order valence-electron chi connectivity index (χ3n) is 5.99. The number of amides is 1. The highest BCUT2D eigenvalue weighted by molar-refractivity contribution is 7.09. The van der Waals surface area contributed by atoms with Gasteiger partial charge in [0, 0.05) is 41.8 Å². The molecule has 1 amide bonds. The molecule has 0 atom stereocenters. The fourth-order valence-corrected chi connectivity index (χ4v) is 4.94. The Morgan fingerprint density at radius 1 is 1.03 bits per heavy atom. The fraction of sp³-hybridized carbons (Fsp3) is 0.179. The summed E-state index contributed by atoms with van der Waals surface area (Å²) in [5.74, 6) is -0.461. The van der Waals surface area contributed by atoms with E-state index >= 15 is 0 Å². The molecule has 0 saturated heterocycles. The van der Waals surface area contributed by atoms with Gasteiger partial charge in [0.05, 0.1) is 18.8 Å². The average molecular weight is 500 g/mol. The molecule has 0 spiro atoms. The number of aromatic amines is 1. The second kappa shape index (κ2) is 11.2. The predicted molar refractivity (Wildman–Crippen MR) is 140 cm³/mol. The van der Waals surface area contributed by atoms with Gasteiger partial charge in [-0.3, -0.25) is 14.7 Å². The van der Waals surface area contributed by atoms with E-state index in [4.69, 9.17) is 0 Å². The van der Waals surface area contributed by atoms with Crippen LogP contribution in [0.1, 0.15) is 32.3 Å². The van der Waals surface area contributed by atoms with E-state index in [2.05, 4.69) is 43.5 Å². The standard InChI is InChI=1S/C28H26FN5OS/c29-22-10-8-20(9-11-22)17-34(14-12-21-15-31-25-7-2-1-6-24(21)25)18-27-33-26(19-36-27)28(35)32-16-23-5-3-4-13-30-23/h1-11,13,15,19,31H,12,14,16-18H2,(H,32,35). The molecule has 0 bridgehead atoms. The topological polar surface area (TPSA) is 73.9 Å². The van der Waals surface area contributed by atoms with Crippen LogP contribution in [0.5, 0.6) is 0 Å². The van der Waals surface area contributed by atoms with Crippen molar-refractivity contribution in [3.8, 4) is 0 Å². The van der Waals surface area contributed by atoms with Crippen LogP contribution in [0.3, 0.4) is 0 Å². The summed E-state index contributed by atoms with van der Waals surface area (Å²) in [6.45, 7) is 2.40. The molecule has 0 aliphatic carbocycles. The summed E-state index contributed by atoms with van der Waals surface area (Å²) in [5.41, 5.74) is 4.61. The van der Waals surface area contributed by atoms with Crippen LogP contribution in [0.2, 0.25) is 0 Å². The number of thiazole rings is 1. The van der Waals surface area contributed by atoms with Crippen molar-refractivity contribution in [3.05, 3.63) is 118 Å². The summed E-state index contributed by atoms with van der Waals surface area (Å²) in [5, 5.41) is 6.75. The van der Waals surface area contributed by atoms with Gasteiger partial charge in [0.1, 0.15) is 16.5 Å². The lowest BCUT2D eigenvalue weighted by Gasteiger charge is -2.21. The van der Waals surface area contributed by atoms with Crippen molar-refractivity contribution in [1.29, 1.82) is 0 Å². The monoisotopic (exact) mass is 499 g/mol. The summed E-state index contributed by atoms with van der Waals surface area (Å²) in [6, 6.07) is 20.5. The highest BCUT2D eigenvalue weighted by Crippen LogP contribution is 2.20. The zero-order chi connectivity index (χ0) is 24.7. The van der Waals surface area contributed by atoms with Crippen LogP contribution in [0.4, 0.5) is 4.39 Å². The van der Waals surface area contributed by atoms with E-state index in [9.17, 15) is 9.18 Å². The lowest BCUT2D eigenvalue weighted by atomic mass is 10.1. The van der Waals surface area contributed by atoms with Crippen LogP contribution in [-0.2, 0) is 26.1 Å². The number of fused-ring (bicyclic) bond motifs is 1. The van der Waals surface area contributed by atoms with E-state index in [1.165, 1.54) is 34.4 Å². The van der Waals surface area contributed by atoms with Gasteiger partial charge in [0.25, 0.3) is 5.91 Å². The molecule has 0 aliphatic rings. The number of aromatic nitrogens is 3. The number of rotatable bonds is 10. The summed E-state index contributed by atoms with van der Waals surface area (Å²) < 4.78 is 13.4. The van der Waals surface area contributed by atoms with Crippen molar-refractivity contribution in [2.45, 2.75) is 26.1 Å². The molecule has 5 aromatic rings. The number of carbonyl (C=O) groups excluding carboxylic acids is 1. The highest BCUT2D eigenvalue weighted by Gasteiger charge is 2.15.